The third-order valence-corrected chi connectivity index (χ3v) is 3.97. The quantitative estimate of drug-likeness (QED) is 0.935. The Labute approximate surface area is 116 Å². The Morgan fingerprint density at radius 3 is 2.89 bits per heavy atom. The summed E-state index contributed by atoms with van der Waals surface area (Å²) in [5.41, 5.74) is 7.20. The van der Waals surface area contributed by atoms with Crippen molar-refractivity contribution in [3.05, 3.63) is 44.9 Å². The summed E-state index contributed by atoms with van der Waals surface area (Å²) in [4.78, 5) is 5.30. The van der Waals surface area contributed by atoms with Gasteiger partial charge in [-0.3, -0.25) is 0 Å². The molecule has 2 rings (SSSR count). The maximum Gasteiger partial charge on any atom is 0.122 e. The van der Waals surface area contributed by atoms with E-state index in [1.807, 2.05) is 31.3 Å². The van der Waals surface area contributed by atoms with Gasteiger partial charge in [0.2, 0.25) is 0 Å². The van der Waals surface area contributed by atoms with Gasteiger partial charge in [-0.25, -0.2) is 4.98 Å². The molecule has 0 saturated carbocycles. The number of thiazole rings is 1. The lowest BCUT2D eigenvalue weighted by Crippen LogP contribution is -2.12. The summed E-state index contributed by atoms with van der Waals surface area (Å²) in [7, 11) is 1.65. The van der Waals surface area contributed by atoms with E-state index in [1.54, 1.807) is 18.4 Å². The molecule has 0 aliphatic carbocycles. The van der Waals surface area contributed by atoms with Gasteiger partial charge in [0.05, 0.1) is 12.1 Å². The molecule has 96 valence electrons. The fourth-order valence-corrected chi connectivity index (χ4v) is 2.77. The molecule has 18 heavy (non-hydrogen) atoms. The number of hydrogen-bond acceptors (Lipinski definition) is 4. The number of nitrogens with two attached hydrogens (primary N) is 1. The van der Waals surface area contributed by atoms with Gasteiger partial charge < -0.3 is 10.5 Å². The average molecular weight is 283 g/mol. The molecular weight excluding hydrogens is 268 g/mol. The summed E-state index contributed by atoms with van der Waals surface area (Å²) in [6.45, 7) is 1.97. The third kappa shape index (κ3) is 3.02. The van der Waals surface area contributed by atoms with Crippen LogP contribution in [-0.4, -0.2) is 12.1 Å². The summed E-state index contributed by atoms with van der Waals surface area (Å²) >= 11 is 7.62. The summed E-state index contributed by atoms with van der Waals surface area (Å²) < 4.78 is 5.32. The second-order valence-electron chi connectivity index (χ2n) is 4.05. The number of methoxy groups -OCH3 is 1. The molecule has 0 fully saturated rings. The van der Waals surface area contributed by atoms with Crippen LogP contribution in [0.3, 0.4) is 0 Å². The van der Waals surface area contributed by atoms with Crippen molar-refractivity contribution in [3.8, 4) is 5.75 Å². The first-order valence-electron chi connectivity index (χ1n) is 5.60. The van der Waals surface area contributed by atoms with E-state index in [2.05, 4.69) is 4.98 Å². The number of hydrogen-bond donors (Lipinski definition) is 1. The molecule has 1 unspecified atom stereocenters. The molecule has 0 saturated heterocycles. The first-order valence-corrected chi connectivity index (χ1v) is 6.80. The fraction of sp³-hybridized carbons (Fsp3) is 0.308. The van der Waals surface area contributed by atoms with Gasteiger partial charge in [0.15, 0.2) is 0 Å². The Kier molecular flexibility index (Phi) is 4.22. The number of halogens is 1. The van der Waals surface area contributed by atoms with Gasteiger partial charge in [-0.1, -0.05) is 11.6 Å². The minimum atomic E-state index is -0.0800. The second-order valence-corrected chi connectivity index (χ2v) is 5.75. The van der Waals surface area contributed by atoms with Crippen LogP contribution in [0.15, 0.2) is 24.4 Å². The Morgan fingerprint density at radius 1 is 1.50 bits per heavy atom. The predicted molar refractivity (Wildman–Crippen MR) is 75.5 cm³/mol. The molecule has 5 heteroatoms. The zero-order valence-corrected chi connectivity index (χ0v) is 11.9. The van der Waals surface area contributed by atoms with Crippen molar-refractivity contribution in [3.63, 3.8) is 0 Å². The molecule has 0 spiro atoms. The number of aromatic nitrogens is 1. The summed E-state index contributed by atoms with van der Waals surface area (Å²) in [6, 6.07) is 5.49. The molecule has 0 aliphatic rings. The van der Waals surface area contributed by atoms with Crippen LogP contribution in [0.4, 0.5) is 0 Å². The Balaban J connectivity index is 2.20. The van der Waals surface area contributed by atoms with E-state index in [0.29, 0.717) is 11.4 Å². The van der Waals surface area contributed by atoms with Gasteiger partial charge in [-0.05, 0) is 37.1 Å². The highest BCUT2D eigenvalue weighted by Gasteiger charge is 2.13. The molecule has 1 atom stereocenters. The fourth-order valence-electron chi connectivity index (χ4n) is 1.79. The molecule has 2 N–H and O–H groups in total. The summed E-state index contributed by atoms with van der Waals surface area (Å²) in [6.07, 6.45) is 2.52. The van der Waals surface area contributed by atoms with Crippen molar-refractivity contribution in [2.24, 2.45) is 5.73 Å². The van der Waals surface area contributed by atoms with Crippen LogP contribution in [0, 0.1) is 6.92 Å². The lowest BCUT2D eigenvalue weighted by molar-refractivity contribution is 0.408. The summed E-state index contributed by atoms with van der Waals surface area (Å²) in [5, 5.41) is 1.72. The first-order chi connectivity index (χ1) is 8.60. The number of benzene rings is 1. The predicted octanol–water partition coefficient (Wildman–Crippen LogP) is 3.36. The van der Waals surface area contributed by atoms with Gasteiger partial charge in [0, 0.05) is 22.1 Å². The monoisotopic (exact) mass is 282 g/mol. The van der Waals surface area contributed by atoms with Gasteiger partial charge in [0.1, 0.15) is 5.75 Å². The topological polar surface area (TPSA) is 48.1 Å². The Bertz CT molecular complexity index is 542. The maximum absolute atomic E-state index is 6.19. The third-order valence-electron chi connectivity index (χ3n) is 2.69. The van der Waals surface area contributed by atoms with Gasteiger partial charge in [-0.2, -0.15) is 0 Å². The van der Waals surface area contributed by atoms with Crippen LogP contribution in [0.25, 0.3) is 0 Å². The molecule has 1 aromatic carbocycles. The van der Waals surface area contributed by atoms with E-state index in [9.17, 15) is 0 Å². The van der Waals surface area contributed by atoms with Gasteiger partial charge in [0.25, 0.3) is 0 Å². The van der Waals surface area contributed by atoms with Gasteiger partial charge in [-0.15, -0.1) is 11.3 Å². The van der Waals surface area contributed by atoms with E-state index < -0.39 is 0 Å². The van der Waals surface area contributed by atoms with Crippen LogP contribution >= 0.6 is 22.9 Å². The average Bonchev–Trinajstić information content (AvgIpc) is 2.76. The van der Waals surface area contributed by atoms with Crippen molar-refractivity contribution < 1.29 is 4.74 Å². The molecule has 1 heterocycles. The zero-order chi connectivity index (χ0) is 13.1. The normalized spacial score (nSPS) is 12.4. The standard InChI is InChI=1S/C13H15ClN2OS/c1-8-16-7-13(18-8)11(15)6-9-5-10(14)3-4-12(9)17-2/h3-5,7,11H,6,15H2,1-2H3. The Morgan fingerprint density at radius 2 is 2.28 bits per heavy atom. The first kappa shape index (κ1) is 13.3. The molecule has 2 aromatic rings. The van der Waals surface area contributed by atoms with Crippen molar-refractivity contribution in [2.45, 2.75) is 19.4 Å². The number of nitrogens with zero attached hydrogens (tertiary/aromatic N) is 1. The minimum absolute atomic E-state index is 0.0800. The highest BCUT2D eigenvalue weighted by molar-refractivity contribution is 7.11. The molecule has 1 aromatic heterocycles. The van der Waals surface area contributed by atoms with Crippen LogP contribution in [-0.2, 0) is 6.42 Å². The molecule has 0 bridgehead atoms. The number of ether oxygens (including phenoxy) is 1. The van der Waals surface area contributed by atoms with Gasteiger partial charge >= 0.3 is 0 Å². The summed E-state index contributed by atoms with van der Waals surface area (Å²) in [5.74, 6) is 0.816. The minimum Gasteiger partial charge on any atom is -0.496 e. The van der Waals surface area contributed by atoms with E-state index in [-0.39, 0.29) is 6.04 Å². The van der Waals surface area contributed by atoms with Crippen molar-refractivity contribution in [1.82, 2.24) is 4.98 Å². The highest BCUT2D eigenvalue weighted by atomic mass is 35.5. The molecule has 0 aliphatic heterocycles. The van der Waals surface area contributed by atoms with E-state index in [4.69, 9.17) is 22.1 Å². The smallest absolute Gasteiger partial charge is 0.122 e. The van der Waals surface area contributed by atoms with Crippen molar-refractivity contribution in [2.75, 3.05) is 7.11 Å². The lowest BCUT2D eigenvalue weighted by atomic mass is 10.0. The largest absolute Gasteiger partial charge is 0.496 e. The zero-order valence-electron chi connectivity index (χ0n) is 10.3. The van der Waals surface area contributed by atoms with Crippen LogP contribution in [0.1, 0.15) is 21.5 Å². The van der Waals surface area contributed by atoms with Crippen LogP contribution < -0.4 is 10.5 Å². The molecule has 3 nitrogen and oxygen atoms in total. The van der Waals surface area contributed by atoms with E-state index in [0.717, 1.165) is 21.2 Å². The molecule has 0 amide bonds. The van der Waals surface area contributed by atoms with Crippen LogP contribution in [0.2, 0.25) is 5.02 Å². The molecular formula is C13H15ClN2OS. The van der Waals surface area contributed by atoms with E-state index in [1.165, 1.54) is 0 Å². The highest BCUT2D eigenvalue weighted by Crippen LogP contribution is 2.28. The Hall–Kier alpha value is -1.10. The molecule has 0 radical (unpaired) electrons. The SMILES string of the molecule is COc1ccc(Cl)cc1CC(N)c1cnc(C)s1. The van der Waals surface area contributed by atoms with Crippen molar-refractivity contribution >= 4 is 22.9 Å². The van der Waals surface area contributed by atoms with Crippen LogP contribution in [0.5, 0.6) is 5.75 Å². The lowest BCUT2D eigenvalue weighted by Gasteiger charge is -2.13. The second kappa shape index (κ2) is 5.69. The maximum atomic E-state index is 6.19. The number of rotatable bonds is 4. The number of aryl methyl sites for hydroxylation is 1. The van der Waals surface area contributed by atoms with Crippen molar-refractivity contribution in [1.29, 1.82) is 0 Å². The van der Waals surface area contributed by atoms with E-state index >= 15 is 0 Å².